The van der Waals surface area contributed by atoms with E-state index < -0.39 is 17.6 Å². The third kappa shape index (κ3) is 4.39. The van der Waals surface area contributed by atoms with Crippen LogP contribution in [0.15, 0.2) is 24.4 Å². The largest absolute Gasteiger partial charge is 0.460 e. The van der Waals surface area contributed by atoms with Gasteiger partial charge in [0.05, 0.1) is 0 Å². The van der Waals surface area contributed by atoms with Crippen LogP contribution in [0.25, 0.3) is 10.9 Å². The highest BCUT2D eigenvalue weighted by Crippen LogP contribution is 2.31. The molecule has 0 amide bonds. The van der Waals surface area contributed by atoms with Crippen LogP contribution in [0.2, 0.25) is 0 Å². The molecule has 0 bridgehead atoms. The molecule has 1 aromatic heterocycles. The number of nitrogens with two attached hydrogens (primary N) is 1. The molecule has 0 saturated carbocycles. The number of aromatic nitrogens is 1. The molecular formula is C19H26N2O4. The summed E-state index contributed by atoms with van der Waals surface area (Å²) in [5.41, 5.74) is 8.36. The van der Waals surface area contributed by atoms with Gasteiger partial charge in [0.1, 0.15) is 17.7 Å². The standard InChI is InChI=1S/C19H26N2O4/c1-12-7-6-8-16-17(12)14(13(2)24-11-22)9-21(16)10-15(20)18(23)25-19(3,4)5/h6-9,11,13,15H,10,20H2,1-5H3. The lowest BCUT2D eigenvalue weighted by Crippen LogP contribution is -2.40. The first-order valence-corrected chi connectivity index (χ1v) is 8.30. The van der Waals surface area contributed by atoms with E-state index in [1.54, 1.807) is 0 Å². The average Bonchev–Trinajstić information content (AvgIpc) is 2.86. The Hall–Kier alpha value is -2.34. The van der Waals surface area contributed by atoms with Gasteiger partial charge >= 0.3 is 5.97 Å². The first-order valence-electron chi connectivity index (χ1n) is 8.30. The van der Waals surface area contributed by atoms with Crippen molar-refractivity contribution in [3.63, 3.8) is 0 Å². The van der Waals surface area contributed by atoms with Crippen molar-refractivity contribution in [2.24, 2.45) is 5.73 Å². The first kappa shape index (κ1) is 19.0. The van der Waals surface area contributed by atoms with Gasteiger partial charge in [0.2, 0.25) is 0 Å². The maximum absolute atomic E-state index is 12.2. The Morgan fingerprint density at radius 3 is 2.64 bits per heavy atom. The number of rotatable bonds is 6. The number of aryl methyl sites for hydroxylation is 1. The van der Waals surface area contributed by atoms with Crippen molar-refractivity contribution in [1.29, 1.82) is 0 Å². The van der Waals surface area contributed by atoms with Gasteiger partial charge in [0.15, 0.2) is 0 Å². The number of benzene rings is 1. The van der Waals surface area contributed by atoms with Gasteiger partial charge in [-0.1, -0.05) is 12.1 Å². The second kappa shape index (κ2) is 7.27. The minimum absolute atomic E-state index is 0.280. The lowest BCUT2D eigenvalue weighted by Gasteiger charge is -2.22. The van der Waals surface area contributed by atoms with Crippen molar-refractivity contribution in [2.75, 3.05) is 0 Å². The van der Waals surface area contributed by atoms with Gasteiger partial charge in [-0.25, -0.2) is 0 Å². The lowest BCUT2D eigenvalue weighted by atomic mass is 10.0. The van der Waals surface area contributed by atoms with Gasteiger partial charge in [0.25, 0.3) is 6.47 Å². The minimum atomic E-state index is -0.787. The number of esters is 1. The van der Waals surface area contributed by atoms with Gasteiger partial charge in [-0.05, 0) is 46.2 Å². The molecule has 1 aromatic carbocycles. The van der Waals surface area contributed by atoms with Gasteiger partial charge in [-0.2, -0.15) is 0 Å². The third-order valence-electron chi connectivity index (χ3n) is 3.94. The van der Waals surface area contributed by atoms with E-state index in [-0.39, 0.29) is 12.6 Å². The van der Waals surface area contributed by atoms with Crippen molar-refractivity contribution < 1.29 is 19.1 Å². The molecule has 2 rings (SSSR count). The van der Waals surface area contributed by atoms with Crippen molar-refractivity contribution in [1.82, 2.24) is 4.57 Å². The van der Waals surface area contributed by atoms with Gasteiger partial charge < -0.3 is 19.8 Å². The van der Waals surface area contributed by atoms with Crippen molar-refractivity contribution >= 4 is 23.3 Å². The van der Waals surface area contributed by atoms with Crippen LogP contribution >= 0.6 is 0 Å². The average molecular weight is 346 g/mol. The highest BCUT2D eigenvalue weighted by Gasteiger charge is 2.24. The Kier molecular flexibility index (Phi) is 5.52. The summed E-state index contributed by atoms with van der Waals surface area (Å²) in [7, 11) is 0. The zero-order valence-corrected chi connectivity index (χ0v) is 15.4. The predicted molar refractivity (Wildman–Crippen MR) is 96.1 cm³/mol. The molecule has 2 aromatic rings. The number of hydrogen-bond acceptors (Lipinski definition) is 5. The molecule has 1 heterocycles. The van der Waals surface area contributed by atoms with Crippen molar-refractivity contribution in [3.05, 3.63) is 35.5 Å². The molecule has 0 radical (unpaired) electrons. The predicted octanol–water partition coefficient (Wildman–Crippen LogP) is 2.85. The number of ether oxygens (including phenoxy) is 2. The normalized spacial score (nSPS) is 14.2. The van der Waals surface area contributed by atoms with Gasteiger partial charge in [0, 0.05) is 29.2 Å². The summed E-state index contributed by atoms with van der Waals surface area (Å²) in [5, 5.41) is 1.01. The number of carbonyl (C=O) groups is 2. The monoisotopic (exact) mass is 346 g/mol. The van der Waals surface area contributed by atoms with E-state index in [0.717, 1.165) is 22.0 Å². The summed E-state index contributed by atoms with van der Waals surface area (Å²) in [6.45, 7) is 9.96. The highest BCUT2D eigenvalue weighted by molar-refractivity contribution is 5.88. The summed E-state index contributed by atoms with van der Waals surface area (Å²) in [5.74, 6) is -0.444. The third-order valence-corrected chi connectivity index (χ3v) is 3.94. The maximum Gasteiger partial charge on any atom is 0.325 e. The minimum Gasteiger partial charge on any atom is -0.460 e. The molecule has 6 nitrogen and oxygen atoms in total. The number of nitrogens with zero attached hydrogens (tertiary/aromatic N) is 1. The van der Waals surface area contributed by atoms with Crippen LogP contribution in [0.1, 0.15) is 44.9 Å². The summed E-state index contributed by atoms with van der Waals surface area (Å²) >= 11 is 0. The molecule has 0 spiro atoms. The van der Waals surface area contributed by atoms with Gasteiger partial charge in [-0.3, -0.25) is 9.59 Å². The Balaban J connectivity index is 2.37. The van der Waals surface area contributed by atoms with E-state index in [4.69, 9.17) is 15.2 Å². The van der Waals surface area contributed by atoms with E-state index in [0.29, 0.717) is 6.47 Å². The molecule has 2 atom stereocenters. The molecule has 0 fully saturated rings. The topological polar surface area (TPSA) is 83.5 Å². The zero-order chi connectivity index (χ0) is 18.8. The molecule has 6 heteroatoms. The number of fused-ring (bicyclic) bond motifs is 1. The maximum atomic E-state index is 12.2. The number of carbonyl (C=O) groups excluding carboxylic acids is 2. The SMILES string of the molecule is Cc1cccc2c1c(C(C)OC=O)cn2CC(N)C(=O)OC(C)(C)C. The Morgan fingerprint density at radius 1 is 1.36 bits per heavy atom. The molecule has 0 saturated heterocycles. The van der Waals surface area contributed by atoms with E-state index >= 15 is 0 Å². The zero-order valence-electron chi connectivity index (χ0n) is 15.4. The molecule has 136 valence electrons. The Labute approximate surface area is 147 Å². The number of hydrogen-bond donors (Lipinski definition) is 1. The molecule has 0 aliphatic heterocycles. The molecule has 2 N–H and O–H groups in total. The highest BCUT2D eigenvalue weighted by atomic mass is 16.6. The second-order valence-corrected chi connectivity index (χ2v) is 7.22. The first-order chi connectivity index (χ1) is 11.6. The molecule has 0 aliphatic rings. The fraction of sp³-hybridized carbons (Fsp3) is 0.474. The molecule has 0 aliphatic carbocycles. The van der Waals surface area contributed by atoms with Crippen LogP contribution in [0.4, 0.5) is 0 Å². The van der Waals surface area contributed by atoms with E-state index in [1.807, 2.05) is 63.6 Å². The molecular weight excluding hydrogens is 320 g/mol. The van der Waals surface area contributed by atoms with E-state index in [9.17, 15) is 9.59 Å². The molecule has 25 heavy (non-hydrogen) atoms. The summed E-state index contributed by atoms with van der Waals surface area (Å²) in [6.07, 6.45) is 1.50. The fourth-order valence-electron chi connectivity index (χ4n) is 2.85. The fourth-order valence-corrected chi connectivity index (χ4v) is 2.85. The van der Waals surface area contributed by atoms with Gasteiger partial charge in [-0.15, -0.1) is 0 Å². The summed E-state index contributed by atoms with van der Waals surface area (Å²) < 4.78 is 12.4. The second-order valence-electron chi connectivity index (χ2n) is 7.22. The van der Waals surface area contributed by atoms with Crippen LogP contribution in [0, 0.1) is 6.92 Å². The van der Waals surface area contributed by atoms with Crippen molar-refractivity contribution in [3.8, 4) is 0 Å². The van der Waals surface area contributed by atoms with Crippen LogP contribution in [0.5, 0.6) is 0 Å². The van der Waals surface area contributed by atoms with Crippen LogP contribution in [-0.2, 0) is 25.6 Å². The summed E-state index contributed by atoms with van der Waals surface area (Å²) in [4.78, 5) is 22.9. The van der Waals surface area contributed by atoms with Crippen LogP contribution < -0.4 is 5.73 Å². The lowest BCUT2D eigenvalue weighted by molar-refractivity contribution is -0.156. The smallest absolute Gasteiger partial charge is 0.325 e. The van der Waals surface area contributed by atoms with Crippen LogP contribution in [0.3, 0.4) is 0 Å². The molecule has 2 unspecified atom stereocenters. The quantitative estimate of drug-likeness (QED) is 0.642. The van der Waals surface area contributed by atoms with E-state index in [2.05, 4.69) is 0 Å². The summed E-state index contributed by atoms with van der Waals surface area (Å²) in [6, 6.07) is 5.12. The Bertz CT molecular complexity index is 774. The van der Waals surface area contributed by atoms with E-state index in [1.165, 1.54) is 0 Å². The van der Waals surface area contributed by atoms with Crippen molar-refractivity contribution in [2.45, 2.75) is 58.9 Å². The van der Waals surface area contributed by atoms with Crippen LogP contribution in [-0.4, -0.2) is 28.7 Å². The Morgan fingerprint density at radius 2 is 2.04 bits per heavy atom.